The Labute approximate surface area is 171 Å². The Morgan fingerprint density at radius 2 is 2.03 bits per heavy atom. The first-order valence-corrected chi connectivity index (χ1v) is 8.67. The first kappa shape index (κ1) is 21.3. The van der Waals surface area contributed by atoms with Crippen LogP contribution in [0.15, 0.2) is 28.8 Å². The predicted octanol–water partition coefficient (Wildman–Crippen LogP) is 4.37. The molecule has 0 fully saturated rings. The maximum absolute atomic E-state index is 13.0. The number of nitro groups is 1. The molecule has 0 radical (unpaired) electrons. The van der Waals surface area contributed by atoms with Gasteiger partial charge in [-0.1, -0.05) is 16.8 Å². The van der Waals surface area contributed by atoms with E-state index in [0.29, 0.717) is 11.8 Å². The number of aromatic nitrogens is 3. The van der Waals surface area contributed by atoms with Gasteiger partial charge in [-0.15, -0.1) is 0 Å². The van der Waals surface area contributed by atoms with Crippen LogP contribution in [0.5, 0.6) is 0 Å². The molecule has 0 bridgehead atoms. The van der Waals surface area contributed by atoms with Gasteiger partial charge in [0.05, 0.1) is 39.6 Å². The van der Waals surface area contributed by atoms with E-state index in [2.05, 4.69) is 15.6 Å². The van der Waals surface area contributed by atoms with Gasteiger partial charge < -0.3 is 20.0 Å². The minimum absolute atomic E-state index is 0.0633. The average Bonchev–Trinajstić information content (AvgIpc) is 3.19. The fraction of sp³-hybridized carbons (Fsp3) is 0.235. The predicted molar refractivity (Wildman–Crippen MR) is 98.4 cm³/mol. The summed E-state index contributed by atoms with van der Waals surface area (Å²) in [5, 5.41) is 20.2. The number of hydrogen-bond acceptors (Lipinski definition) is 6. The van der Waals surface area contributed by atoms with Crippen LogP contribution >= 0.6 is 11.6 Å². The lowest BCUT2D eigenvalue weighted by Crippen LogP contribution is -2.17. The summed E-state index contributed by atoms with van der Waals surface area (Å²) in [4.78, 5) is 22.8. The van der Waals surface area contributed by atoms with Crippen molar-refractivity contribution in [1.82, 2.24) is 14.9 Å². The summed E-state index contributed by atoms with van der Waals surface area (Å²) in [6, 6.07) is 4.19. The number of nitrogens with zero attached hydrogens (tertiary/aromatic N) is 4. The van der Waals surface area contributed by atoms with Gasteiger partial charge in [-0.05, 0) is 37.0 Å². The van der Waals surface area contributed by atoms with Gasteiger partial charge in [-0.25, -0.2) is 0 Å². The molecule has 1 N–H and O–H groups in total. The smallest absolute Gasteiger partial charge is 0.361 e. The molecular formula is C17H13ClF3N5O4. The number of hydrogen-bond donors (Lipinski definition) is 1. The Kier molecular flexibility index (Phi) is 5.53. The Hall–Kier alpha value is -3.41. The molecule has 1 amide bonds. The highest BCUT2D eigenvalue weighted by molar-refractivity contribution is 6.31. The van der Waals surface area contributed by atoms with E-state index in [0.717, 1.165) is 6.07 Å². The third-order valence-electron chi connectivity index (χ3n) is 4.19. The van der Waals surface area contributed by atoms with Gasteiger partial charge in [0.2, 0.25) is 0 Å². The number of carbonyl (C=O) groups excluding carboxylic acids is 1. The third-order valence-corrected chi connectivity index (χ3v) is 4.52. The molecule has 2 heterocycles. The minimum Gasteiger partial charge on any atom is -0.361 e. The maximum Gasteiger partial charge on any atom is 0.417 e. The zero-order valence-corrected chi connectivity index (χ0v) is 16.2. The van der Waals surface area contributed by atoms with Crippen LogP contribution in [0, 0.1) is 24.0 Å². The fourth-order valence-electron chi connectivity index (χ4n) is 2.66. The summed E-state index contributed by atoms with van der Waals surface area (Å²) in [5.74, 6) is -0.935. The Bertz CT molecular complexity index is 1140. The number of nitrogens with one attached hydrogen (secondary N) is 1. The lowest BCUT2D eigenvalue weighted by atomic mass is 10.1. The van der Waals surface area contributed by atoms with Crippen molar-refractivity contribution in [3.05, 3.63) is 67.7 Å². The number of alkyl halides is 3. The summed E-state index contributed by atoms with van der Waals surface area (Å²) in [6.07, 6.45) is -4.69. The van der Waals surface area contributed by atoms with E-state index in [1.165, 1.54) is 23.7 Å². The molecule has 30 heavy (non-hydrogen) atoms. The zero-order valence-electron chi connectivity index (χ0n) is 15.5. The number of anilines is 1. The molecule has 1 aromatic carbocycles. The summed E-state index contributed by atoms with van der Waals surface area (Å²) in [5.41, 5.74) is -0.694. The van der Waals surface area contributed by atoms with Crippen LogP contribution < -0.4 is 5.32 Å². The molecule has 0 saturated carbocycles. The second-order valence-corrected chi connectivity index (χ2v) is 6.68. The van der Waals surface area contributed by atoms with E-state index in [9.17, 15) is 28.1 Å². The average molecular weight is 444 g/mol. The first-order chi connectivity index (χ1) is 14.0. The van der Waals surface area contributed by atoms with Crippen molar-refractivity contribution >= 4 is 29.0 Å². The highest BCUT2D eigenvalue weighted by atomic mass is 35.5. The SMILES string of the molecule is Cc1onc(C(=O)Nc2ccc(Cl)c(C(F)(F)F)c2)c1Cn1nc([N+](=O)[O-])cc1C. The minimum atomic E-state index is -4.69. The van der Waals surface area contributed by atoms with E-state index in [-0.39, 0.29) is 35.1 Å². The molecule has 2 aromatic heterocycles. The van der Waals surface area contributed by atoms with Crippen molar-refractivity contribution in [2.75, 3.05) is 5.32 Å². The van der Waals surface area contributed by atoms with Crippen LogP contribution in [0.3, 0.4) is 0 Å². The van der Waals surface area contributed by atoms with Crippen LogP contribution in [0.25, 0.3) is 0 Å². The molecule has 0 aliphatic carbocycles. The third kappa shape index (κ3) is 4.27. The molecule has 0 saturated heterocycles. The van der Waals surface area contributed by atoms with Gasteiger partial charge in [0.15, 0.2) is 5.69 Å². The van der Waals surface area contributed by atoms with Crippen molar-refractivity contribution in [1.29, 1.82) is 0 Å². The van der Waals surface area contributed by atoms with Crippen LogP contribution in [-0.4, -0.2) is 25.8 Å². The van der Waals surface area contributed by atoms with Gasteiger partial charge in [-0.2, -0.15) is 17.9 Å². The van der Waals surface area contributed by atoms with Gasteiger partial charge in [0.1, 0.15) is 5.76 Å². The molecule has 3 rings (SSSR count). The van der Waals surface area contributed by atoms with Crippen LogP contribution in [-0.2, 0) is 12.7 Å². The topological polar surface area (TPSA) is 116 Å². The summed E-state index contributed by atoms with van der Waals surface area (Å²) < 4.78 is 45.4. The quantitative estimate of drug-likeness (QED) is 0.462. The Morgan fingerprint density at radius 1 is 1.33 bits per heavy atom. The van der Waals surface area contributed by atoms with Crippen LogP contribution in [0.4, 0.5) is 24.7 Å². The maximum atomic E-state index is 13.0. The van der Waals surface area contributed by atoms with Crippen LogP contribution in [0.2, 0.25) is 5.02 Å². The summed E-state index contributed by atoms with van der Waals surface area (Å²) >= 11 is 5.57. The van der Waals surface area contributed by atoms with Crippen molar-refractivity contribution in [2.45, 2.75) is 26.6 Å². The number of aryl methyl sites for hydroxylation is 2. The zero-order chi connectivity index (χ0) is 22.2. The van der Waals surface area contributed by atoms with Crippen molar-refractivity contribution in [2.24, 2.45) is 0 Å². The number of rotatable bonds is 5. The molecule has 3 aromatic rings. The van der Waals surface area contributed by atoms with Crippen molar-refractivity contribution < 1.29 is 27.4 Å². The molecular weight excluding hydrogens is 431 g/mol. The molecule has 158 valence electrons. The summed E-state index contributed by atoms with van der Waals surface area (Å²) in [6.45, 7) is 3.05. The van der Waals surface area contributed by atoms with E-state index in [4.69, 9.17) is 16.1 Å². The van der Waals surface area contributed by atoms with E-state index in [1.54, 1.807) is 6.92 Å². The van der Waals surface area contributed by atoms with E-state index in [1.807, 2.05) is 0 Å². The van der Waals surface area contributed by atoms with Crippen molar-refractivity contribution in [3.8, 4) is 0 Å². The van der Waals surface area contributed by atoms with Gasteiger partial charge in [-0.3, -0.25) is 4.79 Å². The lowest BCUT2D eigenvalue weighted by Gasteiger charge is -2.11. The van der Waals surface area contributed by atoms with Gasteiger partial charge in [0.25, 0.3) is 5.91 Å². The normalized spacial score (nSPS) is 11.5. The highest BCUT2D eigenvalue weighted by Crippen LogP contribution is 2.36. The molecule has 0 atom stereocenters. The van der Waals surface area contributed by atoms with E-state index < -0.39 is 27.6 Å². The molecule has 0 aliphatic rings. The lowest BCUT2D eigenvalue weighted by molar-refractivity contribution is -0.389. The number of carbonyl (C=O) groups is 1. The van der Waals surface area contributed by atoms with E-state index >= 15 is 0 Å². The van der Waals surface area contributed by atoms with Crippen molar-refractivity contribution in [3.63, 3.8) is 0 Å². The fourth-order valence-corrected chi connectivity index (χ4v) is 2.88. The van der Waals surface area contributed by atoms with Gasteiger partial charge in [0, 0.05) is 5.69 Å². The molecule has 9 nitrogen and oxygen atoms in total. The highest BCUT2D eigenvalue weighted by Gasteiger charge is 2.33. The largest absolute Gasteiger partial charge is 0.417 e. The number of halogens is 4. The molecule has 0 aliphatic heterocycles. The number of amides is 1. The molecule has 0 spiro atoms. The standard InChI is InChI=1S/C17H13ClF3N5O4/c1-8-5-14(26(28)29)23-25(8)7-11-9(2)30-24-15(11)16(27)22-10-3-4-13(18)12(6-10)17(19,20)21/h3-6H,7H2,1-2H3,(H,22,27). The summed E-state index contributed by atoms with van der Waals surface area (Å²) in [7, 11) is 0. The monoisotopic (exact) mass is 443 g/mol. The molecule has 0 unspecified atom stereocenters. The Balaban J connectivity index is 1.88. The van der Waals surface area contributed by atoms with Gasteiger partial charge >= 0.3 is 12.0 Å². The second-order valence-electron chi connectivity index (χ2n) is 6.27. The second kappa shape index (κ2) is 7.78. The molecule has 13 heteroatoms. The Morgan fingerprint density at radius 3 is 2.63 bits per heavy atom. The van der Waals surface area contributed by atoms with Crippen LogP contribution in [0.1, 0.15) is 33.1 Å². The first-order valence-electron chi connectivity index (χ1n) is 8.29. The number of benzene rings is 1.